The summed E-state index contributed by atoms with van der Waals surface area (Å²) in [5.41, 5.74) is 2.06. The zero-order valence-electron chi connectivity index (χ0n) is 11.3. The Morgan fingerprint density at radius 1 is 1.35 bits per heavy atom. The van der Waals surface area contributed by atoms with Gasteiger partial charge in [-0.2, -0.15) is 5.10 Å². The molecule has 6 heteroatoms. The average molecular weight is 424 g/mol. The van der Waals surface area contributed by atoms with E-state index < -0.39 is 0 Å². The minimum absolute atomic E-state index is 0.0222. The van der Waals surface area contributed by atoms with Gasteiger partial charge >= 0.3 is 0 Å². The standard InChI is InChI=1S/C14H16Cl2IN3/c1-3-6-20-14(11(16)8-19-20)13(18-2)9-4-5-12(17)10(15)7-9/h4-5,7-8,13,18H,3,6H2,1-2H3. The molecule has 1 unspecified atom stereocenters. The fourth-order valence-electron chi connectivity index (χ4n) is 2.20. The lowest BCUT2D eigenvalue weighted by Crippen LogP contribution is -2.22. The van der Waals surface area contributed by atoms with E-state index in [9.17, 15) is 0 Å². The molecule has 2 rings (SSSR count). The first kappa shape index (κ1) is 16.1. The van der Waals surface area contributed by atoms with Crippen LogP contribution in [-0.2, 0) is 6.54 Å². The highest BCUT2D eigenvalue weighted by atomic mass is 127. The minimum atomic E-state index is -0.0222. The van der Waals surface area contributed by atoms with Gasteiger partial charge in [0.25, 0.3) is 0 Å². The second kappa shape index (κ2) is 7.11. The molecule has 1 heterocycles. The molecule has 3 nitrogen and oxygen atoms in total. The minimum Gasteiger partial charge on any atom is -0.308 e. The smallest absolute Gasteiger partial charge is 0.0837 e. The monoisotopic (exact) mass is 423 g/mol. The van der Waals surface area contributed by atoms with Crippen LogP contribution < -0.4 is 5.32 Å². The largest absolute Gasteiger partial charge is 0.308 e. The van der Waals surface area contributed by atoms with Gasteiger partial charge in [0.2, 0.25) is 0 Å². The summed E-state index contributed by atoms with van der Waals surface area (Å²) in [7, 11) is 1.91. The third-order valence-corrected chi connectivity index (χ3v) is 4.97. The van der Waals surface area contributed by atoms with E-state index in [2.05, 4.69) is 46.0 Å². The molecule has 0 aliphatic heterocycles. The fraction of sp³-hybridized carbons (Fsp3) is 0.357. The van der Waals surface area contributed by atoms with Crippen molar-refractivity contribution in [2.75, 3.05) is 7.05 Å². The van der Waals surface area contributed by atoms with E-state index in [1.807, 2.05) is 23.9 Å². The Morgan fingerprint density at radius 3 is 2.70 bits per heavy atom. The summed E-state index contributed by atoms with van der Waals surface area (Å²) < 4.78 is 2.99. The number of benzene rings is 1. The molecular formula is C14H16Cl2IN3. The molecule has 0 fully saturated rings. The van der Waals surface area contributed by atoms with Gasteiger partial charge in [-0.1, -0.05) is 36.2 Å². The molecule has 0 bridgehead atoms. The van der Waals surface area contributed by atoms with Crippen molar-refractivity contribution < 1.29 is 0 Å². The number of rotatable bonds is 5. The van der Waals surface area contributed by atoms with Crippen molar-refractivity contribution >= 4 is 45.8 Å². The van der Waals surface area contributed by atoms with Crippen LogP contribution in [0.25, 0.3) is 0 Å². The topological polar surface area (TPSA) is 29.9 Å². The lowest BCUT2D eigenvalue weighted by Gasteiger charge is -2.19. The van der Waals surface area contributed by atoms with Crippen molar-refractivity contribution in [2.45, 2.75) is 25.9 Å². The van der Waals surface area contributed by atoms with Crippen molar-refractivity contribution in [3.8, 4) is 0 Å². The number of nitrogens with one attached hydrogen (secondary N) is 1. The van der Waals surface area contributed by atoms with Crippen LogP contribution in [0.15, 0.2) is 24.4 Å². The van der Waals surface area contributed by atoms with E-state index in [1.165, 1.54) is 0 Å². The molecule has 1 aromatic carbocycles. The maximum atomic E-state index is 6.32. The van der Waals surface area contributed by atoms with Crippen molar-refractivity contribution in [3.05, 3.63) is 49.3 Å². The van der Waals surface area contributed by atoms with E-state index in [-0.39, 0.29) is 6.04 Å². The van der Waals surface area contributed by atoms with Crippen LogP contribution in [0, 0.1) is 3.57 Å². The Labute approximate surface area is 142 Å². The van der Waals surface area contributed by atoms with Crippen molar-refractivity contribution in [1.29, 1.82) is 0 Å². The molecule has 20 heavy (non-hydrogen) atoms. The van der Waals surface area contributed by atoms with Gasteiger partial charge < -0.3 is 5.32 Å². The van der Waals surface area contributed by atoms with E-state index in [0.29, 0.717) is 5.02 Å². The lowest BCUT2D eigenvalue weighted by atomic mass is 10.0. The summed E-state index contributed by atoms with van der Waals surface area (Å²) in [6, 6.07) is 6.03. The second-order valence-electron chi connectivity index (χ2n) is 4.50. The van der Waals surface area contributed by atoms with Crippen LogP contribution in [-0.4, -0.2) is 16.8 Å². The number of hydrogen-bond donors (Lipinski definition) is 1. The van der Waals surface area contributed by atoms with Gasteiger partial charge in [0, 0.05) is 10.1 Å². The average Bonchev–Trinajstić information content (AvgIpc) is 2.77. The molecule has 0 aliphatic carbocycles. The number of aryl methyl sites for hydroxylation is 1. The van der Waals surface area contributed by atoms with E-state index in [1.54, 1.807) is 6.20 Å². The zero-order chi connectivity index (χ0) is 14.7. The van der Waals surface area contributed by atoms with Crippen LogP contribution in [0.5, 0.6) is 0 Å². The molecule has 0 amide bonds. The Balaban J connectivity index is 2.46. The van der Waals surface area contributed by atoms with Crippen LogP contribution >= 0.6 is 45.8 Å². The van der Waals surface area contributed by atoms with E-state index >= 15 is 0 Å². The summed E-state index contributed by atoms with van der Waals surface area (Å²) >= 11 is 14.8. The number of nitrogens with zero attached hydrogens (tertiary/aromatic N) is 2. The number of halogens is 3. The van der Waals surface area contributed by atoms with E-state index in [0.717, 1.165) is 32.8 Å². The first-order valence-corrected chi connectivity index (χ1v) is 8.25. The summed E-state index contributed by atoms with van der Waals surface area (Å²) in [6.07, 6.45) is 2.71. The summed E-state index contributed by atoms with van der Waals surface area (Å²) in [6.45, 7) is 2.97. The van der Waals surface area contributed by atoms with Crippen LogP contribution in [0.3, 0.4) is 0 Å². The summed E-state index contributed by atoms with van der Waals surface area (Å²) in [4.78, 5) is 0. The Bertz CT molecular complexity index is 598. The highest BCUT2D eigenvalue weighted by molar-refractivity contribution is 14.1. The lowest BCUT2D eigenvalue weighted by molar-refractivity contribution is 0.535. The molecule has 0 saturated heterocycles. The van der Waals surface area contributed by atoms with Crippen molar-refractivity contribution in [2.24, 2.45) is 0 Å². The summed E-state index contributed by atoms with van der Waals surface area (Å²) in [5.74, 6) is 0. The van der Waals surface area contributed by atoms with Gasteiger partial charge in [-0.3, -0.25) is 4.68 Å². The SMILES string of the molecule is CCCn1ncc(Cl)c1C(NC)c1ccc(I)c(Cl)c1. The molecule has 0 saturated carbocycles. The predicted octanol–water partition coefficient (Wildman–Crippen LogP) is 4.51. The van der Waals surface area contributed by atoms with Crippen molar-refractivity contribution in [1.82, 2.24) is 15.1 Å². The number of hydrogen-bond acceptors (Lipinski definition) is 2. The van der Waals surface area contributed by atoms with Gasteiger partial charge in [0.1, 0.15) is 0 Å². The Morgan fingerprint density at radius 2 is 2.10 bits per heavy atom. The van der Waals surface area contributed by atoms with Gasteiger partial charge in [-0.25, -0.2) is 0 Å². The molecule has 1 atom stereocenters. The summed E-state index contributed by atoms with van der Waals surface area (Å²) in [5, 5.41) is 9.08. The van der Waals surface area contributed by atoms with Gasteiger partial charge in [0.15, 0.2) is 0 Å². The molecule has 2 aromatic rings. The molecule has 0 spiro atoms. The third kappa shape index (κ3) is 3.30. The van der Waals surface area contributed by atoms with Gasteiger partial charge in [0.05, 0.1) is 28.0 Å². The molecule has 108 valence electrons. The van der Waals surface area contributed by atoms with Gasteiger partial charge in [-0.15, -0.1) is 0 Å². The maximum Gasteiger partial charge on any atom is 0.0837 e. The highest BCUT2D eigenvalue weighted by Gasteiger charge is 2.21. The van der Waals surface area contributed by atoms with Crippen LogP contribution in [0.4, 0.5) is 0 Å². The first-order valence-electron chi connectivity index (χ1n) is 6.41. The normalized spacial score (nSPS) is 12.7. The quantitative estimate of drug-likeness (QED) is 0.716. The fourth-order valence-corrected chi connectivity index (χ4v) is 2.98. The van der Waals surface area contributed by atoms with Crippen molar-refractivity contribution in [3.63, 3.8) is 0 Å². The van der Waals surface area contributed by atoms with E-state index in [4.69, 9.17) is 23.2 Å². The second-order valence-corrected chi connectivity index (χ2v) is 6.47. The van der Waals surface area contributed by atoms with Gasteiger partial charge in [-0.05, 0) is 53.8 Å². The Kier molecular flexibility index (Phi) is 5.72. The molecule has 0 radical (unpaired) electrons. The maximum absolute atomic E-state index is 6.32. The highest BCUT2D eigenvalue weighted by Crippen LogP contribution is 2.31. The Hall–Kier alpha value is -0.300. The predicted molar refractivity (Wildman–Crippen MR) is 92.6 cm³/mol. The van der Waals surface area contributed by atoms with Crippen LogP contribution in [0.1, 0.15) is 30.6 Å². The molecule has 1 N–H and O–H groups in total. The molecular weight excluding hydrogens is 408 g/mol. The number of aromatic nitrogens is 2. The van der Waals surface area contributed by atoms with Crippen LogP contribution in [0.2, 0.25) is 10.0 Å². The zero-order valence-corrected chi connectivity index (χ0v) is 15.0. The molecule has 0 aliphatic rings. The molecule has 1 aromatic heterocycles. The third-order valence-electron chi connectivity index (χ3n) is 3.11. The first-order chi connectivity index (χ1) is 9.58.